The normalized spacial score (nSPS) is 30.0. The molecule has 3 atom stereocenters. The van der Waals surface area contributed by atoms with Crippen molar-refractivity contribution in [3.8, 4) is 0 Å². The van der Waals surface area contributed by atoms with E-state index >= 15 is 0 Å². The first-order valence-electron chi connectivity index (χ1n) is 11.4. The van der Waals surface area contributed by atoms with Gasteiger partial charge in [0.2, 0.25) is 11.8 Å². The molecule has 0 bridgehead atoms. The van der Waals surface area contributed by atoms with Crippen molar-refractivity contribution in [3.63, 3.8) is 0 Å². The lowest BCUT2D eigenvalue weighted by atomic mass is 9.61. The predicted molar refractivity (Wildman–Crippen MR) is 113 cm³/mol. The number of carbonyl (C=O) groups excluding carboxylic acids is 2. The average molecular weight is 418 g/mol. The number of morpholine rings is 1. The van der Waals surface area contributed by atoms with Crippen LogP contribution in [0.1, 0.15) is 39.0 Å². The first-order chi connectivity index (χ1) is 14.6. The van der Waals surface area contributed by atoms with Crippen LogP contribution in [0, 0.1) is 11.3 Å². The summed E-state index contributed by atoms with van der Waals surface area (Å²) in [5.41, 5.74) is -0.443. The van der Waals surface area contributed by atoms with Gasteiger partial charge < -0.3 is 19.5 Å². The second-order valence-corrected chi connectivity index (χ2v) is 9.07. The molecule has 0 aromatic carbocycles. The number of piperidine rings is 1. The van der Waals surface area contributed by atoms with Gasteiger partial charge in [-0.1, -0.05) is 0 Å². The predicted octanol–water partition coefficient (Wildman–Crippen LogP) is 1.13. The lowest BCUT2D eigenvalue weighted by Gasteiger charge is -2.53. The molecule has 1 saturated carbocycles. The van der Waals surface area contributed by atoms with Gasteiger partial charge in [-0.15, -0.1) is 0 Å². The van der Waals surface area contributed by atoms with Gasteiger partial charge >= 0.3 is 0 Å². The van der Waals surface area contributed by atoms with Crippen LogP contribution in [-0.4, -0.2) is 83.1 Å². The van der Waals surface area contributed by atoms with E-state index in [1.54, 1.807) is 19.4 Å². The summed E-state index contributed by atoms with van der Waals surface area (Å²) in [5, 5.41) is 3.21. The summed E-state index contributed by atoms with van der Waals surface area (Å²) >= 11 is 0. The molecule has 30 heavy (non-hydrogen) atoms. The van der Waals surface area contributed by atoms with Crippen molar-refractivity contribution in [1.29, 1.82) is 0 Å². The second-order valence-electron chi connectivity index (χ2n) is 9.07. The van der Waals surface area contributed by atoms with Crippen LogP contribution < -0.4 is 5.32 Å². The maximum absolute atomic E-state index is 13.5. The molecule has 2 saturated heterocycles. The molecule has 1 aromatic heterocycles. The topological polar surface area (TPSA) is 79.7 Å². The number of rotatable bonds is 6. The number of nitrogens with one attached hydrogen (secondary N) is 1. The summed E-state index contributed by atoms with van der Waals surface area (Å²) in [6.45, 7) is 8.05. The van der Waals surface area contributed by atoms with E-state index in [1.807, 2.05) is 15.7 Å². The number of nitrogens with zero attached hydrogens (tertiary/aromatic N) is 4. The summed E-state index contributed by atoms with van der Waals surface area (Å²) in [7, 11) is 0. The van der Waals surface area contributed by atoms with Crippen molar-refractivity contribution in [2.24, 2.45) is 11.3 Å². The Kier molecular flexibility index (Phi) is 6.73. The molecule has 3 heterocycles. The van der Waals surface area contributed by atoms with E-state index in [1.165, 1.54) is 0 Å². The lowest BCUT2D eigenvalue weighted by molar-refractivity contribution is -0.150. The third kappa shape index (κ3) is 4.54. The minimum Gasteiger partial charge on any atom is -0.379 e. The standard InChI is InChI=1S/C22H35N5O3/c1-18(28)27-9-4-19-15-20(26-11-13-30-14-12-26)3-5-22(19,16-27)21(29)24-6-2-8-25-10-7-23-17-25/h7,10,17,19-20H,2-6,8-9,11-16H2,1H3,(H,24,29)/t19-,20-,22-/m1/s1. The Bertz CT molecular complexity index is 718. The van der Waals surface area contributed by atoms with E-state index in [9.17, 15) is 9.59 Å². The Morgan fingerprint density at radius 2 is 2.07 bits per heavy atom. The quantitative estimate of drug-likeness (QED) is 0.702. The van der Waals surface area contributed by atoms with Gasteiger partial charge in [0.15, 0.2) is 0 Å². The highest BCUT2D eigenvalue weighted by Crippen LogP contribution is 2.48. The average Bonchev–Trinajstić information content (AvgIpc) is 3.30. The Labute approximate surface area is 178 Å². The first kappa shape index (κ1) is 21.3. The Morgan fingerprint density at radius 3 is 2.80 bits per heavy atom. The molecule has 2 aliphatic heterocycles. The van der Waals surface area contributed by atoms with Gasteiger partial charge in [-0.2, -0.15) is 0 Å². The molecule has 1 aromatic rings. The fraction of sp³-hybridized carbons (Fsp3) is 0.773. The molecule has 166 valence electrons. The van der Waals surface area contributed by atoms with Crippen molar-refractivity contribution in [3.05, 3.63) is 18.7 Å². The number of fused-ring (bicyclic) bond motifs is 1. The van der Waals surface area contributed by atoms with Gasteiger partial charge in [0.05, 0.1) is 25.0 Å². The minimum atomic E-state index is -0.443. The molecule has 3 aliphatic rings. The fourth-order valence-electron chi connectivity index (χ4n) is 5.61. The number of carbonyl (C=O) groups is 2. The minimum absolute atomic E-state index is 0.0797. The van der Waals surface area contributed by atoms with Crippen LogP contribution in [0.3, 0.4) is 0 Å². The molecule has 1 aliphatic carbocycles. The summed E-state index contributed by atoms with van der Waals surface area (Å²) < 4.78 is 7.55. The van der Waals surface area contributed by atoms with Crippen molar-refractivity contribution >= 4 is 11.8 Å². The SMILES string of the molecule is CC(=O)N1CC[C@@H]2C[C@H](N3CCOCC3)CC[C@@]2(C(=O)NCCCn2ccnc2)C1. The molecule has 2 amide bonds. The maximum Gasteiger partial charge on any atom is 0.228 e. The summed E-state index contributed by atoms with van der Waals surface area (Å²) in [5.74, 6) is 0.559. The van der Waals surface area contributed by atoms with Gasteiger partial charge in [0.1, 0.15) is 0 Å². The lowest BCUT2D eigenvalue weighted by Crippen LogP contribution is -2.61. The van der Waals surface area contributed by atoms with Crippen LogP contribution in [0.15, 0.2) is 18.7 Å². The summed E-state index contributed by atoms with van der Waals surface area (Å²) in [6.07, 6.45) is 10.2. The van der Waals surface area contributed by atoms with Crippen LogP contribution in [-0.2, 0) is 20.9 Å². The number of amides is 2. The number of imidazole rings is 1. The van der Waals surface area contributed by atoms with Gasteiger partial charge in [-0.3, -0.25) is 14.5 Å². The second kappa shape index (κ2) is 9.47. The number of hydrogen-bond acceptors (Lipinski definition) is 5. The van der Waals surface area contributed by atoms with Gasteiger partial charge in [-0.25, -0.2) is 4.98 Å². The van der Waals surface area contributed by atoms with Gasteiger partial charge in [0, 0.05) is 64.6 Å². The molecular weight excluding hydrogens is 382 g/mol. The van der Waals surface area contributed by atoms with E-state index in [4.69, 9.17) is 4.74 Å². The van der Waals surface area contributed by atoms with E-state index in [0.29, 0.717) is 25.0 Å². The maximum atomic E-state index is 13.5. The molecule has 8 nitrogen and oxygen atoms in total. The number of ether oxygens (including phenoxy) is 1. The van der Waals surface area contributed by atoms with Crippen molar-refractivity contribution in [2.45, 2.75) is 51.6 Å². The molecule has 0 spiro atoms. The van der Waals surface area contributed by atoms with Crippen molar-refractivity contribution < 1.29 is 14.3 Å². The molecule has 0 radical (unpaired) electrons. The number of likely N-dealkylation sites (tertiary alicyclic amines) is 1. The zero-order valence-electron chi connectivity index (χ0n) is 18.1. The smallest absolute Gasteiger partial charge is 0.228 e. The third-order valence-electron chi connectivity index (χ3n) is 7.38. The Morgan fingerprint density at radius 1 is 1.23 bits per heavy atom. The summed E-state index contributed by atoms with van der Waals surface area (Å²) in [6, 6.07) is 0.532. The van der Waals surface area contributed by atoms with E-state index < -0.39 is 5.41 Å². The monoisotopic (exact) mass is 417 g/mol. The van der Waals surface area contributed by atoms with E-state index in [2.05, 4.69) is 15.2 Å². The molecule has 1 N–H and O–H groups in total. The van der Waals surface area contributed by atoms with E-state index in [-0.39, 0.29) is 11.8 Å². The molecular formula is C22H35N5O3. The highest BCUT2D eigenvalue weighted by molar-refractivity contribution is 5.85. The molecule has 8 heteroatoms. The van der Waals surface area contributed by atoms with Gasteiger partial charge in [-0.05, 0) is 38.0 Å². The molecule has 0 unspecified atom stereocenters. The third-order valence-corrected chi connectivity index (χ3v) is 7.38. The summed E-state index contributed by atoms with van der Waals surface area (Å²) in [4.78, 5) is 34.1. The van der Waals surface area contributed by atoms with Crippen molar-refractivity contribution in [2.75, 3.05) is 45.9 Å². The number of aromatic nitrogens is 2. The van der Waals surface area contributed by atoms with E-state index in [0.717, 1.165) is 71.5 Å². The van der Waals surface area contributed by atoms with Gasteiger partial charge in [0.25, 0.3) is 0 Å². The first-order valence-corrected chi connectivity index (χ1v) is 11.4. The Balaban J connectivity index is 1.40. The zero-order valence-corrected chi connectivity index (χ0v) is 18.1. The fourth-order valence-corrected chi connectivity index (χ4v) is 5.61. The van der Waals surface area contributed by atoms with Crippen LogP contribution in [0.25, 0.3) is 0 Å². The highest BCUT2D eigenvalue weighted by atomic mass is 16.5. The molecule has 4 rings (SSSR count). The number of hydrogen-bond donors (Lipinski definition) is 1. The largest absolute Gasteiger partial charge is 0.379 e. The zero-order chi connectivity index (χ0) is 21.0. The van der Waals surface area contributed by atoms with Crippen LogP contribution in [0.2, 0.25) is 0 Å². The van der Waals surface area contributed by atoms with Crippen molar-refractivity contribution in [1.82, 2.24) is 24.7 Å². The van der Waals surface area contributed by atoms with Crippen LogP contribution in [0.4, 0.5) is 0 Å². The number of aryl methyl sites for hydroxylation is 1. The molecule has 3 fully saturated rings. The highest BCUT2D eigenvalue weighted by Gasteiger charge is 2.52. The van der Waals surface area contributed by atoms with Crippen LogP contribution >= 0.6 is 0 Å². The van der Waals surface area contributed by atoms with Crippen LogP contribution in [0.5, 0.6) is 0 Å². The Hall–Kier alpha value is -1.93.